The molecule has 2 rings (SSSR count). The summed E-state index contributed by atoms with van der Waals surface area (Å²) in [6, 6.07) is 18.2. The van der Waals surface area contributed by atoms with Crippen LogP contribution in [-0.2, 0) is 9.53 Å². The molecule has 2 unspecified atom stereocenters. The molecule has 0 N–H and O–H groups in total. The summed E-state index contributed by atoms with van der Waals surface area (Å²) in [5.74, 6) is 9.73. The molecule has 0 saturated heterocycles. The van der Waals surface area contributed by atoms with Crippen LogP contribution in [0.1, 0.15) is 56.1 Å². The van der Waals surface area contributed by atoms with Crippen LogP contribution in [-0.4, -0.2) is 28.9 Å². The van der Waals surface area contributed by atoms with Crippen LogP contribution in [0.3, 0.4) is 0 Å². The molecule has 4 nitrogen and oxygen atoms in total. The Hall–Kier alpha value is -3.50. The first kappa shape index (κ1) is 22.8. The largest absolute Gasteiger partial charge is 0.454 e. The zero-order valence-electron chi connectivity index (χ0n) is 17.9. The van der Waals surface area contributed by atoms with Gasteiger partial charge in [-0.05, 0) is 57.2 Å². The van der Waals surface area contributed by atoms with E-state index in [0.717, 1.165) is 5.56 Å². The van der Waals surface area contributed by atoms with E-state index in [1.807, 2.05) is 57.2 Å². The highest BCUT2D eigenvalue weighted by Gasteiger charge is 2.27. The van der Waals surface area contributed by atoms with E-state index in [1.165, 1.54) is 0 Å². The fourth-order valence-electron chi connectivity index (χ4n) is 3.27. The van der Waals surface area contributed by atoms with Gasteiger partial charge >= 0.3 is 5.97 Å². The smallest absolute Gasteiger partial charge is 0.338 e. The van der Waals surface area contributed by atoms with Gasteiger partial charge in [0.1, 0.15) is 6.10 Å². The number of esters is 1. The van der Waals surface area contributed by atoms with Crippen molar-refractivity contribution in [2.45, 2.75) is 52.3 Å². The molecule has 30 heavy (non-hydrogen) atoms. The van der Waals surface area contributed by atoms with Crippen LogP contribution in [0.5, 0.6) is 0 Å². The molecule has 2 atom stereocenters. The topological polar surface area (TPSA) is 46.6 Å². The second-order valence-electron chi connectivity index (χ2n) is 7.19. The van der Waals surface area contributed by atoms with Crippen LogP contribution in [0.15, 0.2) is 60.7 Å². The van der Waals surface area contributed by atoms with Crippen LogP contribution in [0.4, 0.5) is 0 Å². The number of carbonyl (C=O) groups excluding carboxylic acids is 2. The fourth-order valence-corrected chi connectivity index (χ4v) is 3.27. The van der Waals surface area contributed by atoms with Gasteiger partial charge in [-0.3, -0.25) is 4.79 Å². The van der Waals surface area contributed by atoms with E-state index in [4.69, 9.17) is 4.74 Å². The van der Waals surface area contributed by atoms with E-state index in [1.54, 1.807) is 36.1 Å². The lowest BCUT2D eigenvalue weighted by atomic mass is 10.0. The fraction of sp³-hybridized carbons (Fsp3) is 0.308. The Kier molecular flexibility index (Phi) is 8.73. The molecule has 0 bridgehead atoms. The summed E-state index contributed by atoms with van der Waals surface area (Å²) < 4.78 is 5.87. The average molecular weight is 402 g/mol. The Morgan fingerprint density at radius 2 is 1.53 bits per heavy atom. The van der Waals surface area contributed by atoms with E-state index < -0.39 is 12.1 Å². The molecule has 0 heterocycles. The van der Waals surface area contributed by atoms with Gasteiger partial charge in [0.05, 0.1) is 5.56 Å². The first-order valence-corrected chi connectivity index (χ1v) is 10.00. The minimum absolute atomic E-state index is 0.0577. The van der Waals surface area contributed by atoms with Gasteiger partial charge in [0, 0.05) is 24.4 Å². The van der Waals surface area contributed by atoms with Gasteiger partial charge in [0.2, 0.25) is 0 Å². The molecule has 1 amide bonds. The van der Waals surface area contributed by atoms with Crippen LogP contribution in [0.25, 0.3) is 0 Å². The van der Waals surface area contributed by atoms with Gasteiger partial charge in [0.25, 0.3) is 5.91 Å². The van der Waals surface area contributed by atoms with Gasteiger partial charge in [-0.25, -0.2) is 4.79 Å². The third kappa shape index (κ3) is 6.54. The van der Waals surface area contributed by atoms with Gasteiger partial charge in [0.15, 0.2) is 0 Å². The van der Waals surface area contributed by atoms with E-state index >= 15 is 0 Å². The van der Waals surface area contributed by atoms with E-state index in [0.29, 0.717) is 12.0 Å². The highest BCUT2D eigenvalue weighted by molar-refractivity contribution is 5.94. The standard InChI is InChI=1S/C26H27NO3/c1-5-6-9-18-25(28)27(20(2)3)21(4)19-24(22-14-10-7-11-15-22)30-26(29)23-16-12-8-13-17-23/h7-8,10-17,20-21,24H,19H2,1-4H3. The predicted octanol–water partition coefficient (Wildman–Crippen LogP) is 4.63. The molecule has 0 aromatic heterocycles. The molecule has 0 radical (unpaired) electrons. The third-order valence-corrected chi connectivity index (χ3v) is 4.61. The molecule has 4 heteroatoms. The van der Waals surface area contributed by atoms with Crippen molar-refractivity contribution < 1.29 is 14.3 Å². The molecule has 0 fully saturated rings. The monoisotopic (exact) mass is 401 g/mol. The van der Waals surface area contributed by atoms with Crippen molar-refractivity contribution in [3.63, 3.8) is 0 Å². The summed E-state index contributed by atoms with van der Waals surface area (Å²) in [5.41, 5.74) is 1.37. The van der Waals surface area contributed by atoms with Crippen molar-refractivity contribution in [3.05, 3.63) is 71.8 Å². The number of amides is 1. The number of hydrogen-bond acceptors (Lipinski definition) is 3. The molecule has 0 aliphatic carbocycles. The van der Waals surface area contributed by atoms with Crippen LogP contribution < -0.4 is 0 Å². The zero-order chi connectivity index (χ0) is 21.9. The minimum atomic E-state index is -0.494. The molecule has 154 valence electrons. The van der Waals surface area contributed by atoms with E-state index in [9.17, 15) is 9.59 Å². The molecule has 0 spiro atoms. The first-order valence-electron chi connectivity index (χ1n) is 10.00. The number of ether oxygens (including phenoxy) is 1. The van der Waals surface area contributed by atoms with Crippen LogP contribution >= 0.6 is 0 Å². The SMILES string of the molecule is CC#CC#CC(=O)N(C(C)C)C(C)CC(OC(=O)c1ccccc1)c1ccccc1. The zero-order valence-corrected chi connectivity index (χ0v) is 17.9. The Balaban J connectivity index is 2.25. The lowest BCUT2D eigenvalue weighted by molar-refractivity contribution is -0.129. The van der Waals surface area contributed by atoms with Crippen molar-refractivity contribution >= 4 is 11.9 Å². The molecule has 2 aromatic rings. The number of rotatable bonds is 7. The second kappa shape index (κ2) is 11.5. The summed E-state index contributed by atoms with van der Waals surface area (Å²) in [6.45, 7) is 7.50. The number of nitrogens with zero attached hydrogens (tertiary/aromatic N) is 1. The van der Waals surface area contributed by atoms with Crippen LogP contribution in [0.2, 0.25) is 0 Å². The minimum Gasteiger partial charge on any atom is -0.454 e. The highest BCUT2D eigenvalue weighted by atomic mass is 16.5. The Morgan fingerprint density at radius 3 is 2.10 bits per heavy atom. The maximum atomic E-state index is 12.7. The molecule has 0 aliphatic heterocycles. The molecular formula is C26H27NO3. The van der Waals surface area contributed by atoms with Crippen molar-refractivity contribution in [1.29, 1.82) is 0 Å². The lowest BCUT2D eigenvalue weighted by Crippen LogP contribution is -2.43. The number of benzene rings is 2. The van der Waals surface area contributed by atoms with Gasteiger partial charge in [-0.1, -0.05) is 54.5 Å². The quantitative estimate of drug-likeness (QED) is 0.502. The van der Waals surface area contributed by atoms with Crippen molar-refractivity contribution in [2.75, 3.05) is 0 Å². The second-order valence-corrected chi connectivity index (χ2v) is 7.19. The maximum absolute atomic E-state index is 12.7. The number of carbonyl (C=O) groups is 2. The first-order chi connectivity index (χ1) is 14.4. The lowest BCUT2D eigenvalue weighted by Gasteiger charge is -2.33. The molecule has 0 aliphatic rings. The van der Waals surface area contributed by atoms with Crippen molar-refractivity contribution in [2.24, 2.45) is 0 Å². The van der Waals surface area contributed by atoms with Crippen molar-refractivity contribution in [3.8, 4) is 23.7 Å². The van der Waals surface area contributed by atoms with Gasteiger partial charge < -0.3 is 9.64 Å². The summed E-state index contributed by atoms with van der Waals surface area (Å²) >= 11 is 0. The predicted molar refractivity (Wildman–Crippen MR) is 118 cm³/mol. The number of hydrogen-bond donors (Lipinski definition) is 0. The Bertz CT molecular complexity index is 959. The van der Waals surface area contributed by atoms with Crippen LogP contribution in [0, 0.1) is 23.7 Å². The molecule has 0 saturated carbocycles. The molecule has 2 aromatic carbocycles. The van der Waals surface area contributed by atoms with Gasteiger partial charge in [-0.2, -0.15) is 0 Å². The van der Waals surface area contributed by atoms with Crippen molar-refractivity contribution in [1.82, 2.24) is 4.90 Å². The Labute approximate surface area is 179 Å². The Morgan fingerprint density at radius 1 is 0.933 bits per heavy atom. The summed E-state index contributed by atoms with van der Waals surface area (Å²) in [6.07, 6.45) is -0.0421. The summed E-state index contributed by atoms with van der Waals surface area (Å²) in [5, 5.41) is 0. The summed E-state index contributed by atoms with van der Waals surface area (Å²) in [7, 11) is 0. The average Bonchev–Trinajstić information content (AvgIpc) is 2.74. The third-order valence-electron chi connectivity index (χ3n) is 4.61. The molecular weight excluding hydrogens is 374 g/mol. The van der Waals surface area contributed by atoms with E-state index in [-0.39, 0.29) is 18.0 Å². The summed E-state index contributed by atoms with van der Waals surface area (Å²) in [4.78, 5) is 27.0. The van der Waals surface area contributed by atoms with Gasteiger partial charge in [-0.15, -0.1) is 0 Å². The maximum Gasteiger partial charge on any atom is 0.338 e. The highest BCUT2D eigenvalue weighted by Crippen LogP contribution is 2.27. The van der Waals surface area contributed by atoms with E-state index in [2.05, 4.69) is 23.7 Å². The normalized spacial score (nSPS) is 11.9.